The Kier molecular flexibility index (Phi) is 7.61. The van der Waals surface area contributed by atoms with Crippen molar-refractivity contribution in [3.63, 3.8) is 0 Å². The summed E-state index contributed by atoms with van der Waals surface area (Å²) >= 11 is 0. The highest BCUT2D eigenvalue weighted by Crippen LogP contribution is 2.18. The lowest BCUT2D eigenvalue weighted by Crippen LogP contribution is -2.31. The molecule has 0 fully saturated rings. The lowest BCUT2D eigenvalue weighted by molar-refractivity contribution is -0.140. The minimum atomic E-state index is -1.10. The van der Waals surface area contributed by atoms with Gasteiger partial charge in [0.05, 0.1) is 18.6 Å². The summed E-state index contributed by atoms with van der Waals surface area (Å²) < 4.78 is 5.13. The van der Waals surface area contributed by atoms with Gasteiger partial charge in [0, 0.05) is 12.8 Å². The standard InChI is InChI=1S/C18H25NO5/c1-11(8-15-10-24-14(4)19-15)6-5-7-12(2)18(23)13(3)16(20)9-17(21)22/h5-8,10,13,16,18,20,23H,9H2,1-4H3,(H,21,22). The molecule has 3 unspecified atom stereocenters. The summed E-state index contributed by atoms with van der Waals surface area (Å²) in [5.41, 5.74) is 2.34. The second kappa shape index (κ2) is 9.20. The fourth-order valence-corrected chi connectivity index (χ4v) is 2.17. The summed E-state index contributed by atoms with van der Waals surface area (Å²) in [5.74, 6) is -1.06. The van der Waals surface area contributed by atoms with E-state index < -0.39 is 24.1 Å². The van der Waals surface area contributed by atoms with Gasteiger partial charge in [-0.1, -0.05) is 25.2 Å². The third-order valence-corrected chi connectivity index (χ3v) is 3.69. The van der Waals surface area contributed by atoms with Gasteiger partial charge in [-0.25, -0.2) is 4.98 Å². The fraction of sp³-hybridized carbons (Fsp3) is 0.444. The Morgan fingerprint density at radius 2 is 2.04 bits per heavy atom. The van der Waals surface area contributed by atoms with Crippen LogP contribution < -0.4 is 0 Å². The quantitative estimate of drug-likeness (QED) is 0.631. The molecule has 0 amide bonds. The van der Waals surface area contributed by atoms with Crippen LogP contribution >= 0.6 is 0 Å². The fourth-order valence-electron chi connectivity index (χ4n) is 2.17. The van der Waals surface area contributed by atoms with E-state index in [0.717, 1.165) is 11.3 Å². The predicted molar refractivity (Wildman–Crippen MR) is 91.2 cm³/mol. The molecule has 0 radical (unpaired) electrons. The van der Waals surface area contributed by atoms with Gasteiger partial charge in [0.25, 0.3) is 0 Å². The molecule has 0 bridgehead atoms. The molecule has 0 saturated carbocycles. The molecule has 24 heavy (non-hydrogen) atoms. The van der Waals surface area contributed by atoms with E-state index in [1.807, 2.05) is 19.1 Å². The lowest BCUT2D eigenvalue weighted by Gasteiger charge is -2.23. The van der Waals surface area contributed by atoms with Crippen molar-refractivity contribution in [1.29, 1.82) is 0 Å². The number of aryl methyl sites for hydroxylation is 1. The van der Waals surface area contributed by atoms with E-state index in [1.54, 1.807) is 39.2 Å². The number of aliphatic hydroxyl groups excluding tert-OH is 2. The molecule has 0 aliphatic rings. The van der Waals surface area contributed by atoms with Crippen LogP contribution in [0.15, 0.2) is 40.1 Å². The molecule has 0 aromatic carbocycles. The Labute approximate surface area is 141 Å². The topological polar surface area (TPSA) is 104 Å². The van der Waals surface area contributed by atoms with Crippen LogP contribution in [0.4, 0.5) is 0 Å². The average molecular weight is 335 g/mol. The van der Waals surface area contributed by atoms with E-state index in [2.05, 4.69) is 4.98 Å². The number of allylic oxidation sites excluding steroid dienone is 4. The van der Waals surface area contributed by atoms with Gasteiger partial charge in [-0.15, -0.1) is 0 Å². The van der Waals surface area contributed by atoms with Crippen molar-refractivity contribution in [1.82, 2.24) is 4.98 Å². The molecule has 0 saturated heterocycles. The van der Waals surface area contributed by atoms with Crippen LogP contribution in [0.25, 0.3) is 6.08 Å². The summed E-state index contributed by atoms with van der Waals surface area (Å²) in [6, 6.07) is 0. The molecule has 3 N–H and O–H groups in total. The molecule has 0 spiro atoms. The van der Waals surface area contributed by atoms with Crippen LogP contribution in [0.5, 0.6) is 0 Å². The zero-order valence-corrected chi connectivity index (χ0v) is 14.4. The van der Waals surface area contributed by atoms with Crippen LogP contribution in [0.3, 0.4) is 0 Å². The Morgan fingerprint density at radius 3 is 2.58 bits per heavy atom. The first-order chi connectivity index (χ1) is 11.2. The van der Waals surface area contributed by atoms with Crippen molar-refractivity contribution in [3.8, 4) is 0 Å². The summed E-state index contributed by atoms with van der Waals surface area (Å²) in [5, 5.41) is 28.6. The number of hydrogen-bond donors (Lipinski definition) is 3. The van der Waals surface area contributed by atoms with Crippen LogP contribution in [-0.4, -0.2) is 38.5 Å². The number of aromatic nitrogens is 1. The van der Waals surface area contributed by atoms with Crippen LogP contribution in [0.1, 0.15) is 38.8 Å². The highest BCUT2D eigenvalue weighted by molar-refractivity contribution is 5.67. The van der Waals surface area contributed by atoms with Crippen molar-refractivity contribution in [2.24, 2.45) is 5.92 Å². The molecular weight excluding hydrogens is 310 g/mol. The van der Waals surface area contributed by atoms with Gasteiger partial charge < -0.3 is 19.7 Å². The first-order valence-corrected chi connectivity index (χ1v) is 7.74. The average Bonchev–Trinajstić information content (AvgIpc) is 2.89. The van der Waals surface area contributed by atoms with Gasteiger partial charge in [0.1, 0.15) is 12.0 Å². The molecule has 0 aliphatic heterocycles. The zero-order valence-electron chi connectivity index (χ0n) is 14.4. The molecule has 6 heteroatoms. The van der Waals surface area contributed by atoms with E-state index in [4.69, 9.17) is 9.52 Å². The summed E-state index contributed by atoms with van der Waals surface area (Å²) in [6.07, 6.45) is 6.43. The molecule has 3 atom stereocenters. The van der Waals surface area contributed by atoms with Crippen molar-refractivity contribution >= 4 is 12.0 Å². The third kappa shape index (κ3) is 6.52. The van der Waals surface area contributed by atoms with Crippen molar-refractivity contribution < 1.29 is 24.5 Å². The molecule has 1 rings (SSSR count). The predicted octanol–water partition coefficient (Wildman–Crippen LogP) is 2.72. The van der Waals surface area contributed by atoms with Gasteiger partial charge in [-0.05, 0) is 31.1 Å². The lowest BCUT2D eigenvalue weighted by atomic mass is 9.91. The molecule has 6 nitrogen and oxygen atoms in total. The molecule has 1 aromatic heterocycles. The second-order valence-electron chi connectivity index (χ2n) is 5.92. The SMILES string of the molecule is CC(C=CC=C(C)C(O)C(C)C(O)CC(=O)O)=Cc1coc(C)n1. The van der Waals surface area contributed by atoms with Crippen molar-refractivity contribution in [2.75, 3.05) is 0 Å². The van der Waals surface area contributed by atoms with Gasteiger partial charge in [0.15, 0.2) is 5.89 Å². The minimum Gasteiger partial charge on any atom is -0.481 e. The van der Waals surface area contributed by atoms with Gasteiger partial charge >= 0.3 is 5.97 Å². The first kappa shape index (κ1) is 19.9. The zero-order chi connectivity index (χ0) is 18.3. The maximum Gasteiger partial charge on any atom is 0.305 e. The second-order valence-corrected chi connectivity index (χ2v) is 5.92. The largest absolute Gasteiger partial charge is 0.481 e. The molecule has 1 aromatic rings. The Morgan fingerprint density at radius 1 is 1.38 bits per heavy atom. The number of carbonyl (C=O) groups is 1. The maximum absolute atomic E-state index is 10.6. The molecular formula is C18H25NO5. The van der Waals surface area contributed by atoms with Crippen LogP contribution in [-0.2, 0) is 4.79 Å². The summed E-state index contributed by atoms with van der Waals surface area (Å²) in [7, 11) is 0. The summed E-state index contributed by atoms with van der Waals surface area (Å²) in [6.45, 7) is 7.05. The smallest absolute Gasteiger partial charge is 0.305 e. The third-order valence-electron chi connectivity index (χ3n) is 3.69. The Hall–Kier alpha value is -2.18. The number of aliphatic hydroxyl groups is 2. The molecule has 0 aliphatic carbocycles. The number of hydrogen-bond acceptors (Lipinski definition) is 5. The number of nitrogens with zero attached hydrogens (tertiary/aromatic N) is 1. The number of carboxylic acid groups (broad SMARTS) is 1. The maximum atomic E-state index is 10.6. The van der Waals surface area contributed by atoms with Crippen molar-refractivity contribution in [3.05, 3.63) is 47.2 Å². The van der Waals surface area contributed by atoms with Gasteiger partial charge in [0.2, 0.25) is 0 Å². The van der Waals surface area contributed by atoms with Crippen molar-refractivity contribution in [2.45, 2.75) is 46.3 Å². The van der Waals surface area contributed by atoms with E-state index in [-0.39, 0.29) is 6.42 Å². The number of rotatable bonds is 8. The number of oxazole rings is 1. The molecule has 1 heterocycles. The minimum absolute atomic E-state index is 0.389. The van der Waals surface area contributed by atoms with E-state index in [9.17, 15) is 15.0 Å². The normalized spacial score (nSPS) is 17.1. The van der Waals surface area contributed by atoms with Gasteiger partial charge in [-0.2, -0.15) is 0 Å². The number of carboxylic acids is 1. The van der Waals surface area contributed by atoms with Gasteiger partial charge in [-0.3, -0.25) is 4.79 Å². The monoisotopic (exact) mass is 335 g/mol. The van der Waals surface area contributed by atoms with Crippen LogP contribution in [0.2, 0.25) is 0 Å². The van der Waals surface area contributed by atoms with E-state index in [1.165, 1.54) is 0 Å². The Bertz CT molecular complexity index is 642. The highest BCUT2D eigenvalue weighted by atomic mass is 16.4. The first-order valence-electron chi connectivity index (χ1n) is 7.74. The van der Waals surface area contributed by atoms with Crippen LogP contribution in [0, 0.1) is 12.8 Å². The van der Waals surface area contributed by atoms with E-state index in [0.29, 0.717) is 11.5 Å². The molecule has 132 valence electrons. The van der Waals surface area contributed by atoms with E-state index >= 15 is 0 Å². The Balaban J connectivity index is 2.67. The summed E-state index contributed by atoms with van der Waals surface area (Å²) in [4.78, 5) is 14.8. The highest BCUT2D eigenvalue weighted by Gasteiger charge is 2.25. The number of aliphatic carboxylic acids is 1.